The number of nitrogens with one attached hydrogen (secondary N) is 3. The highest BCUT2D eigenvalue weighted by atomic mass is 32.2. The molecule has 142 valence electrons. The first-order valence-electron chi connectivity index (χ1n) is 8.24. The minimum atomic E-state index is -3.33. The predicted molar refractivity (Wildman–Crippen MR) is 106 cm³/mol. The number of aryl methyl sites for hydroxylation is 1. The second-order valence-electron chi connectivity index (χ2n) is 6.48. The third kappa shape index (κ3) is 5.70. The van der Waals surface area contributed by atoms with Crippen LogP contribution in [0.2, 0.25) is 0 Å². The highest BCUT2D eigenvalue weighted by Gasteiger charge is 2.26. The average Bonchev–Trinajstić information content (AvgIpc) is 2.96. The van der Waals surface area contributed by atoms with Crippen molar-refractivity contribution in [1.82, 2.24) is 10.3 Å². The van der Waals surface area contributed by atoms with E-state index >= 15 is 0 Å². The first kappa shape index (κ1) is 20.2. The molecule has 0 bridgehead atoms. The van der Waals surface area contributed by atoms with Crippen molar-refractivity contribution in [1.29, 1.82) is 0 Å². The van der Waals surface area contributed by atoms with Gasteiger partial charge in [-0.25, -0.2) is 18.2 Å². The van der Waals surface area contributed by atoms with E-state index in [4.69, 9.17) is 0 Å². The van der Waals surface area contributed by atoms with Gasteiger partial charge in [0.1, 0.15) is 5.01 Å². The summed E-state index contributed by atoms with van der Waals surface area (Å²) in [5.74, 6) is 0.0702. The van der Waals surface area contributed by atoms with Crippen LogP contribution in [0, 0.1) is 6.92 Å². The minimum Gasteiger partial charge on any atom is -0.326 e. The van der Waals surface area contributed by atoms with Crippen LogP contribution < -0.4 is 15.4 Å². The topological polar surface area (TPSA) is 100 Å². The van der Waals surface area contributed by atoms with Crippen LogP contribution in [0.3, 0.4) is 0 Å². The first-order chi connectivity index (χ1) is 12.1. The number of sulfonamides is 1. The van der Waals surface area contributed by atoms with E-state index in [-0.39, 0.29) is 11.8 Å². The first-order valence-corrected chi connectivity index (χ1v) is 10.7. The number of urea groups is 1. The molecule has 0 atom stereocenters. The zero-order valence-corrected chi connectivity index (χ0v) is 16.9. The molecule has 0 spiro atoms. The molecule has 7 nitrogen and oxygen atoms in total. The largest absolute Gasteiger partial charge is 0.326 e. The number of benzene rings is 1. The van der Waals surface area contributed by atoms with E-state index < -0.39 is 15.6 Å². The molecule has 2 amide bonds. The number of hydrogen-bond acceptors (Lipinski definition) is 5. The summed E-state index contributed by atoms with van der Waals surface area (Å²) in [5.41, 5.74) is 0.425. The van der Waals surface area contributed by atoms with Crippen LogP contribution in [0.15, 0.2) is 30.5 Å². The van der Waals surface area contributed by atoms with Crippen LogP contribution in [0.1, 0.15) is 37.1 Å². The Balaban J connectivity index is 1.97. The molecule has 2 rings (SSSR count). The number of anilines is 2. The Hall–Kier alpha value is -2.13. The molecule has 0 saturated heterocycles. The van der Waals surface area contributed by atoms with Crippen LogP contribution in [0.25, 0.3) is 0 Å². The second kappa shape index (κ2) is 8.05. The average molecular weight is 397 g/mol. The van der Waals surface area contributed by atoms with Crippen molar-refractivity contribution in [3.05, 3.63) is 40.3 Å². The van der Waals surface area contributed by atoms with Gasteiger partial charge in [-0.15, -0.1) is 11.3 Å². The van der Waals surface area contributed by atoms with Crippen LogP contribution >= 0.6 is 11.3 Å². The van der Waals surface area contributed by atoms with Gasteiger partial charge in [0.2, 0.25) is 10.0 Å². The van der Waals surface area contributed by atoms with E-state index in [1.807, 2.05) is 20.8 Å². The van der Waals surface area contributed by atoms with Crippen LogP contribution in [-0.2, 0) is 15.6 Å². The lowest BCUT2D eigenvalue weighted by molar-refractivity contribution is 0.242. The van der Waals surface area contributed by atoms with Crippen molar-refractivity contribution < 1.29 is 13.2 Å². The number of carbonyl (C=O) groups excluding carboxylic acids is 1. The molecule has 1 aromatic heterocycles. The van der Waals surface area contributed by atoms with Crippen molar-refractivity contribution in [3.63, 3.8) is 0 Å². The number of aromatic nitrogens is 1. The second-order valence-corrected chi connectivity index (χ2v) is 9.56. The molecular weight excluding hydrogens is 372 g/mol. The Kier molecular flexibility index (Phi) is 6.25. The third-order valence-electron chi connectivity index (χ3n) is 3.47. The number of rotatable bonds is 7. The van der Waals surface area contributed by atoms with Gasteiger partial charge in [-0.05, 0) is 51.5 Å². The van der Waals surface area contributed by atoms with Gasteiger partial charge in [0.25, 0.3) is 0 Å². The van der Waals surface area contributed by atoms with E-state index in [2.05, 4.69) is 20.3 Å². The minimum absolute atomic E-state index is 0.0702. The molecule has 9 heteroatoms. The highest BCUT2D eigenvalue weighted by Crippen LogP contribution is 2.25. The summed E-state index contributed by atoms with van der Waals surface area (Å²) in [4.78, 5) is 17.6. The molecule has 0 aliphatic carbocycles. The fraction of sp³-hybridized carbons (Fsp3) is 0.412. The summed E-state index contributed by atoms with van der Waals surface area (Å²) in [6, 6.07) is 6.15. The fourth-order valence-corrected chi connectivity index (χ4v) is 4.22. The Morgan fingerprint density at radius 1 is 1.19 bits per heavy atom. The molecule has 0 fully saturated rings. The number of thiazole rings is 1. The molecule has 26 heavy (non-hydrogen) atoms. The highest BCUT2D eigenvalue weighted by molar-refractivity contribution is 7.92. The van der Waals surface area contributed by atoms with Crippen molar-refractivity contribution >= 4 is 38.8 Å². The SMILES string of the molecule is CCCS(=O)(=O)Nc1ccc(NC(=O)NC(C)(C)c2ncc(C)s2)cc1. The molecular formula is C17H24N4O3S2. The van der Waals surface area contributed by atoms with E-state index in [0.717, 1.165) is 9.88 Å². The van der Waals surface area contributed by atoms with Crippen molar-refractivity contribution in [2.45, 2.75) is 39.7 Å². The molecule has 0 unspecified atom stereocenters. The monoisotopic (exact) mass is 396 g/mol. The molecule has 3 N–H and O–H groups in total. The fourth-order valence-electron chi connectivity index (χ4n) is 2.26. The summed E-state index contributed by atoms with van der Waals surface area (Å²) in [7, 11) is -3.33. The van der Waals surface area contributed by atoms with Gasteiger partial charge in [0, 0.05) is 22.4 Å². The normalized spacial score (nSPS) is 11.8. The van der Waals surface area contributed by atoms with Gasteiger partial charge in [-0.2, -0.15) is 0 Å². The van der Waals surface area contributed by atoms with Gasteiger partial charge in [0.05, 0.1) is 11.3 Å². The van der Waals surface area contributed by atoms with E-state index in [1.54, 1.807) is 37.4 Å². The van der Waals surface area contributed by atoms with Crippen LogP contribution in [-0.4, -0.2) is 25.2 Å². The summed E-state index contributed by atoms with van der Waals surface area (Å²) in [6.07, 6.45) is 2.32. The molecule has 2 aromatic rings. The maximum absolute atomic E-state index is 12.3. The maximum Gasteiger partial charge on any atom is 0.319 e. The van der Waals surface area contributed by atoms with Gasteiger partial charge in [-0.1, -0.05) is 6.92 Å². The molecule has 1 aromatic carbocycles. The van der Waals surface area contributed by atoms with Crippen molar-refractivity contribution in [3.8, 4) is 0 Å². The smallest absolute Gasteiger partial charge is 0.319 e. The zero-order chi connectivity index (χ0) is 19.4. The summed E-state index contributed by atoms with van der Waals surface area (Å²) >= 11 is 1.54. The van der Waals surface area contributed by atoms with Gasteiger partial charge in [-0.3, -0.25) is 4.72 Å². The van der Waals surface area contributed by atoms with Gasteiger partial charge >= 0.3 is 6.03 Å². The third-order valence-corrected chi connectivity index (χ3v) is 6.20. The Morgan fingerprint density at radius 3 is 2.35 bits per heavy atom. The lowest BCUT2D eigenvalue weighted by atomic mass is 10.1. The van der Waals surface area contributed by atoms with Gasteiger partial charge < -0.3 is 10.6 Å². The Morgan fingerprint density at radius 2 is 1.81 bits per heavy atom. The molecule has 0 radical (unpaired) electrons. The summed E-state index contributed by atoms with van der Waals surface area (Å²) in [6.45, 7) is 7.54. The Bertz CT molecular complexity index is 858. The lowest BCUT2D eigenvalue weighted by Crippen LogP contribution is -2.43. The molecule has 0 aliphatic rings. The lowest BCUT2D eigenvalue weighted by Gasteiger charge is -2.24. The number of nitrogens with zero attached hydrogens (tertiary/aromatic N) is 1. The zero-order valence-electron chi connectivity index (χ0n) is 15.3. The summed E-state index contributed by atoms with van der Waals surface area (Å²) < 4.78 is 26.0. The maximum atomic E-state index is 12.3. The Labute approximate surface area is 158 Å². The predicted octanol–water partition coefficient (Wildman–Crippen LogP) is 3.66. The molecule has 1 heterocycles. The molecule has 0 saturated carbocycles. The molecule has 0 aliphatic heterocycles. The van der Waals surface area contributed by atoms with Gasteiger partial charge in [0.15, 0.2) is 0 Å². The number of amides is 2. The van der Waals surface area contributed by atoms with E-state index in [1.165, 1.54) is 11.3 Å². The van der Waals surface area contributed by atoms with Crippen molar-refractivity contribution in [2.24, 2.45) is 0 Å². The van der Waals surface area contributed by atoms with Crippen molar-refractivity contribution in [2.75, 3.05) is 15.8 Å². The number of carbonyl (C=O) groups is 1. The van der Waals surface area contributed by atoms with Crippen LogP contribution in [0.4, 0.5) is 16.2 Å². The standard InChI is InChI=1S/C17H24N4O3S2/c1-5-10-26(23,24)21-14-8-6-13(7-9-14)19-16(22)20-17(3,4)15-18-11-12(2)25-15/h6-9,11,21H,5,10H2,1-4H3,(H2,19,20,22). The van der Waals surface area contributed by atoms with E-state index in [9.17, 15) is 13.2 Å². The van der Waals surface area contributed by atoms with Crippen LogP contribution in [0.5, 0.6) is 0 Å². The quantitative estimate of drug-likeness (QED) is 0.665. The van der Waals surface area contributed by atoms with E-state index in [0.29, 0.717) is 17.8 Å². The number of hydrogen-bond donors (Lipinski definition) is 3. The summed E-state index contributed by atoms with van der Waals surface area (Å²) in [5, 5.41) is 6.45.